The van der Waals surface area contributed by atoms with Crippen LogP contribution in [-0.4, -0.2) is 89.2 Å². The van der Waals surface area contributed by atoms with Gasteiger partial charge in [-0.2, -0.15) is 8.75 Å². The van der Waals surface area contributed by atoms with Gasteiger partial charge in [0.15, 0.2) is 23.0 Å². The molecule has 2 aliphatic rings. The summed E-state index contributed by atoms with van der Waals surface area (Å²) in [6.45, 7) is 9.73. The van der Waals surface area contributed by atoms with Crippen molar-refractivity contribution >= 4 is 85.0 Å². The zero-order valence-corrected chi connectivity index (χ0v) is 34.6. The van der Waals surface area contributed by atoms with Crippen LogP contribution in [0.1, 0.15) is 75.3 Å². The standard InChI is InChI=1S/C25H28N8O2S.C14H19N7OS/c1-3-32-10-8-16-12-17(6-7-19(16)32)25(35)28-18-5-4-9-33(14-18)20-13-27-22(23(26)34)24(29-20)30-21-11-15(2)31-36-21;1-8-5-11(23-20-8)19-14-12(13(16)22)17-6-10(18-14)21-4-2-3-9(15)7-21/h6-8,10-13,18H,3-5,9,14H2,1-2H3,(H2,26,34)(H,28,35)(H,29,30);5-6,9H,2-4,7,15H2,1H3,(H2,16,22)(H,18,19)/t18-;9-/m11/s1. The number of aryl methyl sites for hydroxylation is 3. The van der Waals surface area contributed by atoms with Crippen LogP contribution in [0.2, 0.25) is 0 Å². The Morgan fingerprint density at radius 2 is 1.37 bits per heavy atom. The van der Waals surface area contributed by atoms with Crippen molar-refractivity contribution in [3.05, 3.63) is 83.3 Å². The van der Waals surface area contributed by atoms with Crippen molar-refractivity contribution in [1.29, 1.82) is 0 Å². The summed E-state index contributed by atoms with van der Waals surface area (Å²) in [5.41, 5.74) is 20.6. The van der Waals surface area contributed by atoms with Crippen molar-refractivity contribution in [2.75, 3.05) is 46.6 Å². The van der Waals surface area contributed by atoms with Gasteiger partial charge in [0.2, 0.25) is 0 Å². The first-order valence-corrected chi connectivity index (χ1v) is 20.9. The van der Waals surface area contributed by atoms with Crippen LogP contribution in [0.5, 0.6) is 0 Å². The maximum Gasteiger partial charge on any atom is 0.271 e. The minimum atomic E-state index is -0.659. The monoisotopic (exact) mass is 837 g/mol. The van der Waals surface area contributed by atoms with Gasteiger partial charge < -0.3 is 47.5 Å². The summed E-state index contributed by atoms with van der Waals surface area (Å²) >= 11 is 2.56. The summed E-state index contributed by atoms with van der Waals surface area (Å²) in [5, 5.41) is 12.0. The number of benzene rings is 1. The molecule has 1 aromatic carbocycles. The molecule has 20 heteroatoms. The number of nitrogens with two attached hydrogens (primary N) is 3. The predicted molar refractivity (Wildman–Crippen MR) is 231 cm³/mol. The molecule has 0 unspecified atom stereocenters. The molecule has 308 valence electrons. The summed E-state index contributed by atoms with van der Waals surface area (Å²) < 4.78 is 10.6. The zero-order valence-electron chi connectivity index (χ0n) is 33.0. The fourth-order valence-electron chi connectivity index (χ4n) is 7.08. The summed E-state index contributed by atoms with van der Waals surface area (Å²) in [4.78, 5) is 58.3. The Balaban J connectivity index is 0.000000198. The number of primary amides is 2. The molecule has 2 fully saturated rings. The SMILES string of the molecule is CCn1ccc2cc(C(=O)N[C@@H]3CCCN(c4cnc(C(N)=O)c(Nc5cc(C)ns5)n4)C3)ccc21.Cc1cc(Nc2nc(N3CCC[C@@H](N)C3)cnc2C(N)=O)sn1. The van der Waals surface area contributed by atoms with E-state index in [0.717, 1.165) is 84.2 Å². The van der Waals surface area contributed by atoms with Gasteiger partial charge in [-0.1, -0.05) is 0 Å². The number of nitrogens with one attached hydrogen (secondary N) is 3. The van der Waals surface area contributed by atoms with Crippen LogP contribution in [0.4, 0.5) is 33.3 Å². The summed E-state index contributed by atoms with van der Waals surface area (Å²) in [6, 6.07) is 11.7. The molecule has 5 aromatic heterocycles. The number of rotatable bonds is 11. The summed E-state index contributed by atoms with van der Waals surface area (Å²) in [7, 11) is 0. The summed E-state index contributed by atoms with van der Waals surface area (Å²) in [5.74, 6) is 0.570. The molecule has 2 atom stereocenters. The van der Waals surface area contributed by atoms with Gasteiger partial charge in [-0.05, 0) is 106 Å². The van der Waals surface area contributed by atoms with Crippen LogP contribution in [0.3, 0.4) is 0 Å². The minimum Gasteiger partial charge on any atom is -0.364 e. The first-order chi connectivity index (χ1) is 28.4. The van der Waals surface area contributed by atoms with Gasteiger partial charge in [0.05, 0.1) is 23.8 Å². The third kappa shape index (κ3) is 9.90. The molecule has 2 aliphatic heterocycles. The highest BCUT2D eigenvalue weighted by Gasteiger charge is 2.25. The quantitative estimate of drug-likeness (QED) is 0.105. The normalized spacial score (nSPS) is 16.6. The summed E-state index contributed by atoms with van der Waals surface area (Å²) in [6.07, 6.45) is 8.94. The predicted octanol–water partition coefficient (Wildman–Crippen LogP) is 4.47. The number of hydrogen-bond acceptors (Lipinski definition) is 16. The lowest BCUT2D eigenvalue weighted by Gasteiger charge is -2.34. The van der Waals surface area contributed by atoms with Crippen molar-refractivity contribution in [3.63, 3.8) is 0 Å². The van der Waals surface area contributed by atoms with Crippen LogP contribution in [0.15, 0.2) is 55.0 Å². The number of carbonyl (C=O) groups is 3. The average Bonchev–Trinajstić information content (AvgIpc) is 3.96. The maximum absolute atomic E-state index is 13.0. The van der Waals surface area contributed by atoms with Crippen LogP contribution in [0, 0.1) is 13.8 Å². The van der Waals surface area contributed by atoms with Crippen LogP contribution in [0.25, 0.3) is 10.9 Å². The van der Waals surface area contributed by atoms with Crippen molar-refractivity contribution in [2.45, 2.75) is 65.1 Å². The molecule has 0 saturated carbocycles. The highest BCUT2D eigenvalue weighted by Crippen LogP contribution is 2.27. The molecule has 0 radical (unpaired) electrons. The van der Waals surface area contributed by atoms with E-state index < -0.39 is 11.8 Å². The van der Waals surface area contributed by atoms with Crippen molar-refractivity contribution in [1.82, 2.24) is 38.6 Å². The van der Waals surface area contributed by atoms with Gasteiger partial charge in [-0.15, -0.1) is 0 Å². The molecule has 18 nitrogen and oxygen atoms in total. The molecule has 59 heavy (non-hydrogen) atoms. The Morgan fingerprint density at radius 3 is 1.90 bits per heavy atom. The number of hydrogen-bond donors (Lipinski definition) is 6. The van der Waals surface area contributed by atoms with Crippen molar-refractivity contribution in [3.8, 4) is 0 Å². The lowest BCUT2D eigenvalue weighted by molar-refractivity contribution is 0.0931. The lowest BCUT2D eigenvalue weighted by Crippen LogP contribution is -2.48. The molecule has 2 saturated heterocycles. The molecule has 0 aliphatic carbocycles. The van der Waals surface area contributed by atoms with E-state index in [1.807, 2.05) is 56.4 Å². The smallest absolute Gasteiger partial charge is 0.271 e. The maximum atomic E-state index is 13.0. The fourth-order valence-corrected chi connectivity index (χ4v) is 8.41. The molecule has 7 heterocycles. The van der Waals surface area contributed by atoms with E-state index in [2.05, 4.69) is 65.9 Å². The van der Waals surface area contributed by atoms with Gasteiger partial charge >= 0.3 is 0 Å². The van der Waals surface area contributed by atoms with E-state index in [0.29, 0.717) is 35.4 Å². The van der Waals surface area contributed by atoms with Crippen LogP contribution < -0.4 is 43.0 Å². The van der Waals surface area contributed by atoms with E-state index in [4.69, 9.17) is 17.2 Å². The molecule has 9 N–H and O–H groups in total. The first-order valence-electron chi connectivity index (χ1n) is 19.3. The Morgan fingerprint density at radius 1 is 0.797 bits per heavy atom. The molecule has 0 bridgehead atoms. The third-order valence-electron chi connectivity index (χ3n) is 9.96. The topological polar surface area (TPSA) is 254 Å². The van der Waals surface area contributed by atoms with Crippen LogP contribution in [-0.2, 0) is 6.54 Å². The molecular formula is C39H47N15O3S2. The lowest BCUT2D eigenvalue weighted by atomic mass is 10.0. The molecular weight excluding hydrogens is 791 g/mol. The molecule has 0 spiro atoms. The molecule has 6 aromatic rings. The van der Waals surface area contributed by atoms with Crippen molar-refractivity contribution in [2.24, 2.45) is 17.2 Å². The number of piperidine rings is 2. The largest absolute Gasteiger partial charge is 0.364 e. The van der Waals surface area contributed by atoms with Gasteiger partial charge in [-0.3, -0.25) is 14.4 Å². The Labute approximate surface area is 349 Å². The number of nitrogens with zero attached hydrogens (tertiary/aromatic N) is 9. The van der Waals surface area contributed by atoms with E-state index in [1.54, 1.807) is 12.4 Å². The number of anilines is 6. The second-order valence-corrected chi connectivity index (χ2v) is 16.1. The van der Waals surface area contributed by atoms with Crippen LogP contribution >= 0.6 is 23.1 Å². The minimum absolute atomic E-state index is 0.0413. The zero-order chi connectivity index (χ0) is 41.6. The highest BCUT2D eigenvalue weighted by atomic mass is 32.1. The van der Waals surface area contributed by atoms with E-state index in [9.17, 15) is 14.4 Å². The van der Waals surface area contributed by atoms with Gasteiger partial charge in [0, 0.05) is 67.5 Å². The molecule has 3 amide bonds. The van der Waals surface area contributed by atoms with E-state index in [1.165, 1.54) is 23.1 Å². The van der Waals surface area contributed by atoms with Gasteiger partial charge in [0.1, 0.15) is 21.6 Å². The third-order valence-corrected chi connectivity index (χ3v) is 11.6. The number of carbonyl (C=O) groups excluding carboxylic acids is 3. The van der Waals surface area contributed by atoms with E-state index in [-0.39, 0.29) is 29.4 Å². The average molecular weight is 838 g/mol. The number of aromatic nitrogens is 7. The molecule has 8 rings (SSSR count). The van der Waals surface area contributed by atoms with Gasteiger partial charge in [0.25, 0.3) is 17.7 Å². The fraction of sp³-hybridized carbons (Fsp3) is 0.359. The van der Waals surface area contributed by atoms with Crippen molar-refractivity contribution < 1.29 is 14.4 Å². The number of fused-ring (bicyclic) bond motifs is 1. The second kappa shape index (κ2) is 18.1. The Hall–Kier alpha value is -6.25. The number of amides is 3. The van der Waals surface area contributed by atoms with Gasteiger partial charge in [-0.25, -0.2) is 19.9 Å². The second-order valence-electron chi connectivity index (χ2n) is 14.5. The Bertz CT molecular complexity index is 2460. The van der Waals surface area contributed by atoms with E-state index >= 15 is 0 Å². The first kappa shape index (κ1) is 40.9. The Kier molecular flexibility index (Phi) is 12.6. The highest BCUT2D eigenvalue weighted by molar-refractivity contribution is 7.10.